The van der Waals surface area contributed by atoms with E-state index in [-0.39, 0.29) is 5.56 Å². The van der Waals surface area contributed by atoms with Crippen LogP contribution in [-0.2, 0) is 7.05 Å². The van der Waals surface area contributed by atoms with Crippen molar-refractivity contribution in [1.29, 1.82) is 0 Å². The monoisotopic (exact) mass is 451 g/mol. The van der Waals surface area contributed by atoms with E-state index in [1.807, 2.05) is 19.2 Å². The minimum Gasteiger partial charge on any atom is -0.480 e. The number of ether oxygens (including phenoxy) is 1. The smallest absolute Gasteiger partial charge is 0.262 e. The van der Waals surface area contributed by atoms with Gasteiger partial charge in [0.1, 0.15) is 17.0 Å². The standard InChI is InChI=1S/C24H33N7O2/c1-29-12-7-13-31(15-14-29)18-11-10-17(24(25-18)33-3)21-26-22-19(23(32)27-21)20(28-30(22)2)16-8-5-4-6-9-16/h10-11,16H,4-9,12-15H2,1-3H3,(H,26,27,32). The number of nitrogens with zero attached hydrogens (tertiary/aromatic N) is 6. The molecule has 5 rings (SSSR count). The van der Waals surface area contributed by atoms with E-state index < -0.39 is 0 Å². The maximum absolute atomic E-state index is 13.2. The fourth-order valence-electron chi connectivity index (χ4n) is 5.19. The van der Waals surface area contributed by atoms with Crippen LogP contribution in [-0.4, -0.2) is 70.0 Å². The van der Waals surface area contributed by atoms with Gasteiger partial charge in [0.25, 0.3) is 5.56 Å². The summed E-state index contributed by atoms with van der Waals surface area (Å²) in [6, 6.07) is 3.93. The Hall–Kier alpha value is -2.94. The van der Waals surface area contributed by atoms with Crippen LogP contribution in [0.4, 0.5) is 5.82 Å². The predicted molar refractivity (Wildman–Crippen MR) is 129 cm³/mol. The highest BCUT2D eigenvalue weighted by Gasteiger charge is 2.25. The molecule has 3 aromatic heterocycles. The van der Waals surface area contributed by atoms with E-state index in [0.717, 1.165) is 57.0 Å². The molecular weight excluding hydrogens is 418 g/mol. The Morgan fingerprint density at radius 2 is 1.82 bits per heavy atom. The number of aromatic amines is 1. The minimum atomic E-state index is -0.148. The van der Waals surface area contributed by atoms with Gasteiger partial charge in [-0.3, -0.25) is 4.79 Å². The van der Waals surface area contributed by atoms with E-state index in [2.05, 4.69) is 21.8 Å². The number of rotatable bonds is 4. The Morgan fingerprint density at radius 1 is 1.00 bits per heavy atom. The minimum absolute atomic E-state index is 0.148. The number of aromatic nitrogens is 5. The number of nitrogens with one attached hydrogen (secondary N) is 1. The number of fused-ring (bicyclic) bond motifs is 1. The SMILES string of the molecule is COc1nc(N2CCCN(C)CC2)ccc1-c1nc2c(c(C3CCCCC3)nn2C)c(=O)[nH]1. The molecule has 0 atom stereocenters. The molecule has 3 aromatic rings. The second-order valence-corrected chi connectivity index (χ2v) is 9.33. The molecule has 1 aliphatic carbocycles. The second kappa shape index (κ2) is 9.13. The molecule has 0 radical (unpaired) electrons. The molecule has 176 valence electrons. The molecule has 1 N–H and O–H groups in total. The Kier molecular flexibility index (Phi) is 6.05. The Morgan fingerprint density at radius 3 is 2.61 bits per heavy atom. The van der Waals surface area contributed by atoms with Gasteiger partial charge in [0.05, 0.1) is 18.4 Å². The van der Waals surface area contributed by atoms with Crippen LogP contribution in [0.1, 0.15) is 50.1 Å². The molecule has 0 aromatic carbocycles. The maximum Gasteiger partial charge on any atom is 0.262 e. The van der Waals surface area contributed by atoms with Crippen LogP contribution in [0.15, 0.2) is 16.9 Å². The molecule has 33 heavy (non-hydrogen) atoms. The lowest BCUT2D eigenvalue weighted by Gasteiger charge is -2.22. The van der Waals surface area contributed by atoms with Gasteiger partial charge in [-0.25, -0.2) is 9.67 Å². The number of methoxy groups -OCH3 is 1. The summed E-state index contributed by atoms with van der Waals surface area (Å²) < 4.78 is 7.37. The molecule has 0 amide bonds. The lowest BCUT2D eigenvalue weighted by Crippen LogP contribution is -2.29. The number of anilines is 1. The second-order valence-electron chi connectivity index (χ2n) is 9.33. The van der Waals surface area contributed by atoms with Gasteiger partial charge in [-0.2, -0.15) is 10.1 Å². The first kappa shape index (κ1) is 21.9. The zero-order chi connectivity index (χ0) is 22.9. The van der Waals surface area contributed by atoms with Gasteiger partial charge in [0.2, 0.25) is 5.88 Å². The third kappa shape index (κ3) is 4.21. The van der Waals surface area contributed by atoms with Crippen molar-refractivity contribution in [3.63, 3.8) is 0 Å². The summed E-state index contributed by atoms with van der Waals surface area (Å²) in [5.74, 6) is 2.13. The topological polar surface area (TPSA) is 92.2 Å². The molecule has 1 aliphatic heterocycles. The van der Waals surface area contributed by atoms with Crippen LogP contribution < -0.4 is 15.2 Å². The fraction of sp³-hybridized carbons (Fsp3) is 0.583. The Bertz CT molecular complexity index is 1200. The average molecular weight is 452 g/mol. The van der Waals surface area contributed by atoms with Gasteiger partial charge in [-0.1, -0.05) is 19.3 Å². The summed E-state index contributed by atoms with van der Waals surface area (Å²) in [5, 5.41) is 5.33. The Labute approximate surface area is 193 Å². The first-order valence-electron chi connectivity index (χ1n) is 12.0. The van der Waals surface area contributed by atoms with E-state index in [1.165, 1.54) is 19.3 Å². The van der Waals surface area contributed by atoms with Gasteiger partial charge in [0.15, 0.2) is 5.65 Å². The molecule has 9 nitrogen and oxygen atoms in total. The molecule has 0 spiro atoms. The molecule has 4 heterocycles. The van der Waals surface area contributed by atoms with Gasteiger partial charge >= 0.3 is 0 Å². The highest BCUT2D eigenvalue weighted by Crippen LogP contribution is 2.35. The summed E-state index contributed by atoms with van der Waals surface area (Å²) >= 11 is 0. The van der Waals surface area contributed by atoms with Crippen LogP contribution in [0.5, 0.6) is 5.88 Å². The van der Waals surface area contributed by atoms with Crippen LogP contribution in [0.25, 0.3) is 22.4 Å². The molecular formula is C24H33N7O2. The highest BCUT2D eigenvalue weighted by molar-refractivity contribution is 5.80. The Balaban J connectivity index is 1.52. The van der Waals surface area contributed by atoms with E-state index in [4.69, 9.17) is 19.8 Å². The lowest BCUT2D eigenvalue weighted by molar-refractivity contribution is 0.360. The number of H-pyrrole nitrogens is 1. The zero-order valence-corrected chi connectivity index (χ0v) is 19.8. The van der Waals surface area contributed by atoms with Gasteiger partial charge in [-0.15, -0.1) is 0 Å². The summed E-state index contributed by atoms with van der Waals surface area (Å²) in [5.41, 5.74) is 2.02. The van der Waals surface area contributed by atoms with Gasteiger partial charge in [-0.05, 0) is 45.0 Å². The van der Waals surface area contributed by atoms with Crippen molar-refractivity contribution in [2.75, 3.05) is 45.2 Å². The molecule has 0 unspecified atom stereocenters. The highest BCUT2D eigenvalue weighted by atomic mass is 16.5. The van der Waals surface area contributed by atoms with Crippen molar-refractivity contribution < 1.29 is 4.74 Å². The average Bonchev–Trinajstić information content (AvgIpc) is 3.02. The van der Waals surface area contributed by atoms with Crippen molar-refractivity contribution in [2.24, 2.45) is 7.05 Å². The lowest BCUT2D eigenvalue weighted by atomic mass is 9.86. The third-order valence-corrected chi connectivity index (χ3v) is 7.05. The number of hydrogen-bond donors (Lipinski definition) is 1. The largest absolute Gasteiger partial charge is 0.480 e. The molecule has 9 heteroatoms. The van der Waals surface area contributed by atoms with Gasteiger partial charge < -0.3 is 19.5 Å². The van der Waals surface area contributed by atoms with Crippen LogP contribution >= 0.6 is 0 Å². The number of pyridine rings is 1. The summed E-state index contributed by atoms with van der Waals surface area (Å²) in [6.07, 6.45) is 6.90. The predicted octanol–water partition coefficient (Wildman–Crippen LogP) is 2.92. The van der Waals surface area contributed by atoms with Crippen molar-refractivity contribution in [3.05, 3.63) is 28.2 Å². The van der Waals surface area contributed by atoms with Crippen molar-refractivity contribution in [3.8, 4) is 17.3 Å². The fourth-order valence-corrected chi connectivity index (χ4v) is 5.19. The first-order chi connectivity index (χ1) is 16.0. The van der Waals surface area contributed by atoms with Crippen molar-refractivity contribution in [2.45, 2.75) is 44.4 Å². The number of aryl methyl sites for hydroxylation is 1. The first-order valence-corrected chi connectivity index (χ1v) is 12.0. The molecule has 0 bridgehead atoms. The zero-order valence-electron chi connectivity index (χ0n) is 19.8. The van der Waals surface area contributed by atoms with Gasteiger partial charge in [0, 0.05) is 32.6 Å². The normalized spacial score (nSPS) is 18.6. The van der Waals surface area contributed by atoms with Crippen LogP contribution in [0.3, 0.4) is 0 Å². The van der Waals surface area contributed by atoms with E-state index in [0.29, 0.717) is 34.2 Å². The maximum atomic E-state index is 13.2. The number of likely N-dealkylation sites (N-methyl/N-ethyl adjacent to an activating group) is 1. The quantitative estimate of drug-likeness (QED) is 0.652. The molecule has 1 saturated carbocycles. The number of hydrogen-bond acceptors (Lipinski definition) is 7. The third-order valence-electron chi connectivity index (χ3n) is 7.05. The van der Waals surface area contributed by atoms with Crippen LogP contribution in [0.2, 0.25) is 0 Å². The molecule has 2 fully saturated rings. The van der Waals surface area contributed by atoms with E-state index in [1.54, 1.807) is 11.8 Å². The molecule has 1 saturated heterocycles. The van der Waals surface area contributed by atoms with E-state index in [9.17, 15) is 4.79 Å². The van der Waals surface area contributed by atoms with Crippen molar-refractivity contribution in [1.82, 2.24) is 29.6 Å². The van der Waals surface area contributed by atoms with E-state index >= 15 is 0 Å². The van der Waals surface area contributed by atoms with Crippen LogP contribution in [0, 0.1) is 0 Å². The summed E-state index contributed by atoms with van der Waals surface area (Å²) in [6.45, 7) is 3.97. The summed E-state index contributed by atoms with van der Waals surface area (Å²) in [4.78, 5) is 30.4. The molecule has 2 aliphatic rings. The van der Waals surface area contributed by atoms with Crippen molar-refractivity contribution >= 4 is 16.9 Å². The summed E-state index contributed by atoms with van der Waals surface area (Å²) in [7, 11) is 5.62.